The number of fused-ring (bicyclic) bond motifs is 1. The number of nitrogens with zero attached hydrogens (tertiary/aromatic N) is 1. The topological polar surface area (TPSA) is 71.7 Å². The molecule has 2 aliphatic rings. The number of aromatic nitrogens is 1. The summed E-state index contributed by atoms with van der Waals surface area (Å²) in [6, 6.07) is 10.4. The minimum Gasteiger partial charge on any atom is -0.508 e. The molecule has 0 amide bonds. The molecule has 2 heterocycles. The van der Waals surface area contributed by atoms with Gasteiger partial charge < -0.3 is 19.5 Å². The van der Waals surface area contributed by atoms with Crippen molar-refractivity contribution in [1.82, 2.24) is 4.57 Å². The van der Waals surface area contributed by atoms with E-state index in [-0.39, 0.29) is 29.3 Å². The summed E-state index contributed by atoms with van der Waals surface area (Å²) < 4.78 is 21.8. The molecule has 2 fully saturated rings. The van der Waals surface area contributed by atoms with Crippen LogP contribution < -0.4 is 0 Å². The van der Waals surface area contributed by atoms with Gasteiger partial charge >= 0.3 is 5.97 Å². The van der Waals surface area contributed by atoms with Gasteiger partial charge in [0.15, 0.2) is 0 Å². The molecule has 2 aromatic carbocycles. The van der Waals surface area contributed by atoms with Gasteiger partial charge in [0.25, 0.3) is 0 Å². The van der Waals surface area contributed by atoms with Crippen LogP contribution in [0.3, 0.4) is 0 Å². The molecule has 1 saturated heterocycles. The van der Waals surface area contributed by atoms with Crippen molar-refractivity contribution in [2.24, 2.45) is 5.92 Å². The maximum absolute atomic E-state index is 14.0. The summed E-state index contributed by atoms with van der Waals surface area (Å²) in [4.78, 5) is 11.4. The number of hydrogen-bond donors (Lipinski definition) is 2. The molecule has 0 unspecified atom stereocenters. The number of rotatable bonds is 4. The van der Waals surface area contributed by atoms with Gasteiger partial charge in [0, 0.05) is 29.3 Å². The second-order valence-electron chi connectivity index (χ2n) is 8.53. The van der Waals surface area contributed by atoms with Gasteiger partial charge in [0.2, 0.25) is 0 Å². The largest absolute Gasteiger partial charge is 0.508 e. The molecule has 0 bridgehead atoms. The Morgan fingerprint density at radius 1 is 1.17 bits per heavy atom. The minimum absolute atomic E-state index is 0.119. The molecule has 30 heavy (non-hydrogen) atoms. The lowest BCUT2D eigenvalue weighted by atomic mass is 9.70. The summed E-state index contributed by atoms with van der Waals surface area (Å²) in [7, 11) is 0. The normalized spacial score (nSPS) is 23.6. The molecule has 0 radical (unpaired) electrons. The number of aromatic hydroxyl groups is 1. The van der Waals surface area contributed by atoms with Crippen LogP contribution in [0.2, 0.25) is 0 Å². The average Bonchev–Trinajstić information content (AvgIpc) is 3.29. The predicted octanol–water partition coefficient (Wildman–Crippen LogP) is 4.87. The highest BCUT2D eigenvalue weighted by Crippen LogP contribution is 2.50. The van der Waals surface area contributed by atoms with E-state index in [2.05, 4.69) is 4.57 Å². The summed E-state index contributed by atoms with van der Waals surface area (Å²) in [6.45, 7) is 3.03. The van der Waals surface area contributed by atoms with Crippen molar-refractivity contribution in [2.45, 2.75) is 38.0 Å². The Morgan fingerprint density at radius 3 is 2.63 bits per heavy atom. The molecule has 5 rings (SSSR count). The number of halogens is 1. The Labute approximate surface area is 173 Å². The van der Waals surface area contributed by atoms with Crippen LogP contribution in [0.5, 0.6) is 5.75 Å². The van der Waals surface area contributed by atoms with Crippen LogP contribution in [0.15, 0.2) is 36.4 Å². The molecule has 1 aliphatic carbocycles. The maximum Gasteiger partial charge on any atom is 0.306 e. The average molecular weight is 409 g/mol. The molecule has 1 saturated carbocycles. The molecule has 0 spiro atoms. The lowest BCUT2D eigenvalue weighted by molar-refractivity contribution is -0.145. The Kier molecular flexibility index (Phi) is 4.54. The van der Waals surface area contributed by atoms with E-state index in [4.69, 9.17) is 4.74 Å². The molecule has 5 nitrogen and oxygen atoms in total. The van der Waals surface area contributed by atoms with Crippen LogP contribution in [-0.2, 0) is 9.53 Å². The Balaban J connectivity index is 1.76. The SMILES string of the molecule is Cc1cc(-n2c([C@@H]3CCOC3)c([C@H]3C[C@@H](C(=O)O)C3)c3cc(O)ccc32)ccc1F. The molecular formula is C24H24FNO4. The number of phenols is 1. The fourth-order valence-electron chi connectivity index (χ4n) is 5.01. The fourth-order valence-corrected chi connectivity index (χ4v) is 5.01. The van der Waals surface area contributed by atoms with Crippen LogP contribution in [-0.4, -0.2) is 34.0 Å². The zero-order valence-electron chi connectivity index (χ0n) is 16.8. The van der Waals surface area contributed by atoms with Crippen molar-refractivity contribution < 1.29 is 24.1 Å². The van der Waals surface area contributed by atoms with Crippen molar-refractivity contribution >= 4 is 16.9 Å². The van der Waals surface area contributed by atoms with Crippen molar-refractivity contribution in [3.05, 3.63) is 59.0 Å². The number of ether oxygens (including phenoxy) is 1. The van der Waals surface area contributed by atoms with E-state index < -0.39 is 5.97 Å². The molecule has 1 aromatic heterocycles. The first kappa shape index (κ1) is 19.1. The third-order valence-electron chi connectivity index (χ3n) is 6.64. The predicted molar refractivity (Wildman–Crippen MR) is 111 cm³/mol. The Bertz CT molecular complexity index is 1140. The standard InChI is InChI=1S/C24H24FNO4/c1-13-8-17(2-4-20(13)25)26-21-5-3-18(27)11-19(21)22(15-9-16(10-15)24(28)29)23(26)14-6-7-30-12-14/h2-5,8,11,14-16,27H,6-7,9-10,12H2,1H3,(H,28,29)/t14-,15-,16+/m1/s1. The second-order valence-corrected chi connectivity index (χ2v) is 8.53. The van der Waals surface area contributed by atoms with Gasteiger partial charge in [-0.15, -0.1) is 0 Å². The van der Waals surface area contributed by atoms with Gasteiger partial charge in [0.05, 0.1) is 18.0 Å². The van der Waals surface area contributed by atoms with E-state index in [0.29, 0.717) is 31.6 Å². The molecular weight excluding hydrogens is 385 g/mol. The number of aliphatic carboxylic acids is 1. The summed E-state index contributed by atoms with van der Waals surface area (Å²) in [5.41, 5.74) is 4.59. The van der Waals surface area contributed by atoms with Crippen LogP contribution in [0.4, 0.5) is 4.39 Å². The van der Waals surface area contributed by atoms with Gasteiger partial charge in [-0.05, 0) is 79.6 Å². The number of carboxylic acid groups (broad SMARTS) is 1. The molecule has 2 N–H and O–H groups in total. The van der Waals surface area contributed by atoms with Gasteiger partial charge in [-0.1, -0.05) is 0 Å². The third kappa shape index (κ3) is 2.98. The lowest BCUT2D eigenvalue weighted by Gasteiger charge is -2.34. The highest BCUT2D eigenvalue weighted by molar-refractivity contribution is 5.90. The van der Waals surface area contributed by atoms with Gasteiger partial charge in [-0.3, -0.25) is 4.79 Å². The van der Waals surface area contributed by atoms with Crippen LogP contribution in [0.25, 0.3) is 16.6 Å². The maximum atomic E-state index is 14.0. The lowest BCUT2D eigenvalue weighted by Crippen LogP contribution is -2.29. The summed E-state index contributed by atoms with van der Waals surface area (Å²) in [6.07, 6.45) is 2.06. The quantitative estimate of drug-likeness (QED) is 0.645. The number of aryl methyl sites for hydroxylation is 1. The minimum atomic E-state index is -0.752. The van der Waals surface area contributed by atoms with Crippen LogP contribution >= 0.6 is 0 Å². The van der Waals surface area contributed by atoms with Crippen LogP contribution in [0, 0.1) is 18.7 Å². The van der Waals surface area contributed by atoms with E-state index in [1.54, 1.807) is 25.1 Å². The Hall–Kier alpha value is -2.86. The second kappa shape index (κ2) is 7.13. The monoisotopic (exact) mass is 409 g/mol. The molecule has 156 valence electrons. The molecule has 1 atom stereocenters. The van der Waals surface area contributed by atoms with Crippen molar-refractivity contribution in [3.8, 4) is 11.4 Å². The summed E-state index contributed by atoms with van der Waals surface area (Å²) in [5.74, 6) is -0.858. The number of benzene rings is 2. The van der Waals surface area contributed by atoms with Crippen molar-refractivity contribution in [2.75, 3.05) is 13.2 Å². The van der Waals surface area contributed by atoms with E-state index in [9.17, 15) is 19.4 Å². The zero-order valence-corrected chi connectivity index (χ0v) is 16.8. The van der Waals surface area contributed by atoms with Gasteiger partial charge in [-0.2, -0.15) is 0 Å². The molecule has 1 aliphatic heterocycles. The van der Waals surface area contributed by atoms with E-state index in [1.165, 1.54) is 6.07 Å². The first-order valence-electron chi connectivity index (χ1n) is 10.4. The third-order valence-corrected chi connectivity index (χ3v) is 6.64. The first-order chi connectivity index (χ1) is 14.4. The number of carbonyl (C=O) groups is 1. The number of carboxylic acids is 1. The highest BCUT2D eigenvalue weighted by Gasteiger charge is 2.40. The van der Waals surface area contributed by atoms with Gasteiger partial charge in [0.1, 0.15) is 11.6 Å². The highest BCUT2D eigenvalue weighted by atomic mass is 19.1. The Morgan fingerprint density at radius 2 is 1.97 bits per heavy atom. The van der Waals surface area contributed by atoms with Crippen LogP contribution in [0.1, 0.15) is 47.9 Å². The molecule has 6 heteroatoms. The first-order valence-corrected chi connectivity index (χ1v) is 10.4. The summed E-state index contributed by atoms with van der Waals surface area (Å²) in [5, 5.41) is 20.5. The smallest absolute Gasteiger partial charge is 0.306 e. The zero-order chi connectivity index (χ0) is 21.0. The van der Waals surface area contributed by atoms with Crippen molar-refractivity contribution in [3.63, 3.8) is 0 Å². The van der Waals surface area contributed by atoms with Gasteiger partial charge in [-0.25, -0.2) is 4.39 Å². The fraction of sp³-hybridized carbons (Fsp3) is 0.375. The number of hydrogen-bond acceptors (Lipinski definition) is 3. The van der Waals surface area contributed by atoms with Crippen molar-refractivity contribution in [1.29, 1.82) is 0 Å². The van der Waals surface area contributed by atoms with E-state index >= 15 is 0 Å². The van der Waals surface area contributed by atoms with E-state index in [0.717, 1.165) is 34.3 Å². The summed E-state index contributed by atoms with van der Waals surface area (Å²) >= 11 is 0. The number of phenolic OH excluding ortho intramolecular Hbond substituents is 1. The van der Waals surface area contributed by atoms with E-state index in [1.807, 2.05) is 12.1 Å². The molecule has 3 aromatic rings.